The van der Waals surface area contributed by atoms with Crippen molar-refractivity contribution in [2.75, 3.05) is 5.75 Å². The third-order valence-corrected chi connectivity index (χ3v) is 6.47. The number of amides is 1. The first-order chi connectivity index (χ1) is 12.0. The lowest BCUT2D eigenvalue weighted by Gasteiger charge is -2.00. The van der Waals surface area contributed by atoms with Gasteiger partial charge in [-0.1, -0.05) is 23.9 Å². The van der Waals surface area contributed by atoms with Gasteiger partial charge in [-0.25, -0.2) is 10.4 Å². The fourth-order valence-corrected chi connectivity index (χ4v) is 4.56. The summed E-state index contributed by atoms with van der Waals surface area (Å²) >= 11 is 3.95. The van der Waals surface area contributed by atoms with Gasteiger partial charge in [0.15, 0.2) is 4.34 Å². The molecule has 0 aliphatic carbocycles. The van der Waals surface area contributed by atoms with Crippen LogP contribution in [-0.4, -0.2) is 28.3 Å². The van der Waals surface area contributed by atoms with Crippen molar-refractivity contribution >= 4 is 62.2 Å². The monoisotopic (exact) mass is 390 g/mol. The van der Waals surface area contributed by atoms with Crippen LogP contribution in [0.3, 0.4) is 0 Å². The fourth-order valence-electron chi connectivity index (χ4n) is 1.92. The average Bonchev–Trinajstić information content (AvgIpc) is 3.24. The van der Waals surface area contributed by atoms with Crippen molar-refractivity contribution in [2.24, 2.45) is 5.10 Å². The Labute approximate surface area is 155 Å². The van der Waals surface area contributed by atoms with Crippen molar-refractivity contribution in [3.8, 4) is 0 Å². The van der Waals surface area contributed by atoms with E-state index in [9.17, 15) is 14.7 Å². The predicted octanol–water partition coefficient (Wildman–Crippen LogP) is 2.35. The Kier molecular flexibility index (Phi) is 5.47. The number of thioether (sulfide) groups is 1. The molecule has 0 saturated carbocycles. The lowest BCUT2D eigenvalue weighted by molar-refractivity contribution is -0.254. The van der Waals surface area contributed by atoms with E-state index < -0.39 is 5.97 Å². The number of hydrazone groups is 1. The molecule has 0 radical (unpaired) electrons. The van der Waals surface area contributed by atoms with E-state index in [2.05, 4.69) is 15.5 Å². The molecule has 0 bridgehead atoms. The molecule has 0 aliphatic heterocycles. The number of thiazole rings is 1. The van der Waals surface area contributed by atoms with Crippen LogP contribution in [-0.2, 0) is 4.79 Å². The molecule has 3 rings (SSSR count). The van der Waals surface area contributed by atoms with Crippen LogP contribution >= 0.6 is 34.4 Å². The summed E-state index contributed by atoms with van der Waals surface area (Å²) in [4.78, 5) is 27.9. The number of para-hydroxylation sites is 1. The first-order valence-electron chi connectivity index (χ1n) is 7.16. The summed E-state index contributed by atoms with van der Waals surface area (Å²) < 4.78 is 1.91. The molecular weight excluding hydrogens is 378 g/mol. The van der Waals surface area contributed by atoms with E-state index in [4.69, 9.17) is 0 Å². The molecule has 1 aromatic carbocycles. The molecule has 1 amide bonds. The second-order valence-electron chi connectivity index (χ2n) is 4.92. The lowest BCUT2D eigenvalue weighted by atomic mass is 10.3. The Hall–Kier alpha value is -2.23. The number of carboxylic acid groups (broad SMARTS) is 1. The molecule has 0 unspecified atom stereocenters. The van der Waals surface area contributed by atoms with Gasteiger partial charge < -0.3 is 9.90 Å². The number of rotatable bonds is 6. The zero-order chi connectivity index (χ0) is 17.8. The van der Waals surface area contributed by atoms with Gasteiger partial charge in [-0.15, -0.1) is 22.7 Å². The minimum absolute atomic E-state index is 0.127. The van der Waals surface area contributed by atoms with E-state index in [0.717, 1.165) is 25.9 Å². The molecule has 1 N–H and O–H groups in total. The SMILES string of the molecule is C/C(=N/NC(=O)CSc1nc2ccccc2s1)c1ccc(C(=O)[O-])s1. The number of hydrogen-bond acceptors (Lipinski definition) is 8. The molecule has 2 heterocycles. The Balaban J connectivity index is 1.55. The topological polar surface area (TPSA) is 94.5 Å². The number of carbonyl (C=O) groups excluding carboxylic acids is 2. The van der Waals surface area contributed by atoms with Gasteiger partial charge in [-0.2, -0.15) is 5.10 Å². The van der Waals surface area contributed by atoms with Gasteiger partial charge in [-0.3, -0.25) is 4.79 Å². The van der Waals surface area contributed by atoms with Crippen molar-refractivity contribution < 1.29 is 14.7 Å². The summed E-state index contributed by atoms with van der Waals surface area (Å²) in [5.41, 5.74) is 3.93. The zero-order valence-corrected chi connectivity index (χ0v) is 15.5. The second-order valence-corrected chi connectivity index (χ2v) is 8.26. The molecule has 0 aliphatic rings. The van der Waals surface area contributed by atoms with Crippen LogP contribution < -0.4 is 10.5 Å². The van der Waals surface area contributed by atoms with Crippen LogP contribution in [0, 0.1) is 0 Å². The summed E-state index contributed by atoms with van der Waals surface area (Å²) in [5, 5.41) is 14.8. The maximum atomic E-state index is 11.9. The van der Waals surface area contributed by atoms with Crippen molar-refractivity contribution in [1.29, 1.82) is 0 Å². The Morgan fingerprint density at radius 1 is 1.20 bits per heavy atom. The quantitative estimate of drug-likeness (QED) is 0.396. The molecule has 128 valence electrons. The maximum absolute atomic E-state index is 11.9. The van der Waals surface area contributed by atoms with Gasteiger partial charge in [-0.05, 0) is 31.2 Å². The van der Waals surface area contributed by atoms with Crippen LogP contribution in [0.4, 0.5) is 0 Å². The highest BCUT2D eigenvalue weighted by molar-refractivity contribution is 8.01. The van der Waals surface area contributed by atoms with Gasteiger partial charge in [0.05, 0.1) is 37.4 Å². The number of nitrogens with zero attached hydrogens (tertiary/aromatic N) is 2. The largest absolute Gasteiger partial charge is 0.544 e. The van der Waals surface area contributed by atoms with Crippen molar-refractivity contribution in [1.82, 2.24) is 10.4 Å². The highest BCUT2D eigenvalue weighted by Gasteiger charge is 2.08. The van der Waals surface area contributed by atoms with E-state index in [-0.39, 0.29) is 16.5 Å². The van der Waals surface area contributed by atoms with E-state index >= 15 is 0 Å². The van der Waals surface area contributed by atoms with Crippen molar-refractivity contribution in [3.05, 3.63) is 46.2 Å². The Morgan fingerprint density at radius 3 is 2.68 bits per heavy atom. The molecule has 6 nitrogen and oxygen atoms in total. The zero-order valence-electron chi connectivity index (χ0n) is 13.0. The maximum Gasteiger partial charge on any atom is 0.250 e. The number of carbonyl (C=O) groups is 2. The first-order valence-corrected chi connectivity index (χ1v) is 9.78. The number of thiophene rings is 1. The molecule has 3 aromatic rings. The third kappa shape index (κ3) is 4.44. The average molecular weight is 390 g/mol. The van der Waals surface area contributed by atoms with Crippen LogP contribution in [0.1, 0.15) is 21.5 Å². The van der Waals surface area contributed by atoms with Crippen molar-refractivity contribution in [3.63, 3.8) is 0 Å². The summed E-state index contributed by atoms with van der Waals surface area (Å²) in [7, 11) is 0. The van der Waals surface area contributed by atoms with Crippen LogP contribution in [0.25, 0.3) is 10.2 Å². The normalized spacial score (nSPS) is 11.6. The minimum atomic E-state index is -1.22. The van der Waals surface area contributed by atoms with Crippen LogP contribution in [0.15, 0.2) is 45.8 Å². The summed E-state index contributed by atoms with van der Waals surface area (Å²) in [6.07, 6.45) is 0. The third-order valence-electron chi connectivity index (χ3n) is 3.11. The lowest BCUT2D eigenvalue weighted by Crippen LogP contribution is -2.21. The highest BCUT2D eigenvalue weighted by atomic mass is 32.2. The highest BCUT2D eigenvalue weighted by Crippen LogP contribution is 2.29. The second kappa shape index (κ2) is 7.77. The number of aromatic carboxylic acids is 1. The fraction of sp³-hybridized carbons (Fsp3) is 0.125. The van der Waals surface area contributed by atoms with Crippen LogP contribution in [0.5, 0.6) is 0 Å². The molecule has 0 fully saturated rings. The standard InChI is InChI=1S/C16H13N3O3S3/c1-9(11-6-7-13(24-11)15(21)22)18-19-14(20)8-23-16-17-10-4-2-3-5-12(10)25-16/h2-7H,8H2,1H3,(H,19,20)(H,21,22)/p-1/b18-9-. The molecule has 2 aromatic heterocycles. The van der Waals surface area contributed by atoms with Crippen molar-refractivity contribution in [2.45, 2.75) is 11.3 Å². The van der Waals surface area contributed by atoms with E-state index in [1.807, 2.05) is 24.3 Å². The molecule has 0 spiro atoms. The number of benzene rings is 1. The molecular formula is C16H12N3O3S3-. The van der Waals surface area contributed by atoms with Gasteiger partial charge in [0, 0.05) is 0 Å². The smallest absolute Gasteiger partial charge is 0.250 e. The van der Waals surface area contributed by atoms with E-state index in [1.54, 1.807) is 24.3 Å². The Bertz CT molecular complexity index is 929. The summed E-state index contributed by atoms with van der Waals surface area (Å²) in [6, 6.07) is 10.9. The van der Waals surface area contributed by atoms with Crippen LogP contribution in [0.2, 0.25) is 0 Å². The molecule has 9 heteroatoms. The van der Waals surface area contributed by atoms with E-state index in [1.165, 1.54) is 17.8 Å². The van der Waals surface area contributed by atoms with Gasteiger partial charge in [0.25, 0.3) is 5.91 Å². The number of carboxylic acids is 1. The van der Waals surface area contributed by atoms with Gasteiger partial charge >= 0.3 is 0 Å². The van der Waals surface area contributed by atoms with Gasteiger partial charge in [0.2, 0.25) is 0 Å². The van der Waals surface area contributed by atoms with E-state index in [0.29, 0.717) is 10.6 Å². The number of hydrogen-bond donors (Lipinski definition) is 1. The molecule has 0 atom stereocenters. The Morgan fingerprint density at radius 2 is 1.96 bits per heavy atom. The van der Waals surface area contributed by atoms with Gasteiger partial charge in [0.1, 0.15) is 0 Å². The number of fused-ring (bicyclic) bond motifs is 1. The first kappa shape index (κ1) is 17.6. The molecule has 25 heavy (non-hydrogen) atoms. The number of nitrogens with one attached hydrogen (secondary N) is 1. The number of aromatic nitrogens is 1. The molecule has 0 saturated heterocycles. The minimum Gasteiger partial charge on any atom is -0.544 e. The summed E-state index contributed by atoms with van der Waals surface area (Å²) in [6.45, 7) is 1.70. The summed E-state index contributed by atoms with van der Waals surface area (Å²) in [5.74, 6) is -1.27. The predicted molar refractivity (Wildman–Crippen MR) is 99.3 cm³/mol.